The van der Waals surface area contributed by atoms with Crippen LogP contribution in [0.5, 0.6) is 34.5 Å². The fourth-order valence-corrected chi connectivity index (χ4v) is 4.30. The summed E-state index contributed by atoms with van der Waals surface area (Å²) in [6.45, 7) is 0.811. The summed E-state index contributed by atoms with van der Waals surface area (Å²) in [6, 6.07) is 18.3. The molecule has 3 heterocycles. The molecule has 8 nitrogen and oxygen atoms in total. The van der Waals surface area contributed by atoms with Crippen molar-refractivity contribution in [2.75, 3.05) is 20.7 Å². The van der Waals surface area contributed by atoms with Crippen LogP contribution < -0.4 is 28.4 Å². The number of carbonyl (C=O) groups is 1. The molecule has 0 aliphatic carbocycles. The number of benzene rings is 3. The van der Waals surface area contributed by atoms with E-state index in [0.29, 0.717) is 35.3 Å². The first-order valence-electron chi connectivity index (χ1n) is 10.6. The molecule has 0 unspecified atom stereocenters. The molecule has 6 rings (SSSR count). The van der Waals surface area contributed by atoms with Crippen molar-refractivity contribution >= 4 is 5.91 Å². The Kier molecular flexibility index (Phi) is 4.64. The number of rotatable bonds is 6. The molecule has 3 aromatic carbocycles. The van der Waals surface area contributed by atoms with Gasteiger partial charge < -0.3 is 33.3 Å². The number of fused-ring (bicyclic) bond motifs is 2. The molecule has 3 aliphatic heterocycles. The average molecular weight is 447 g/mol. The maximum atomic E-state index is 13.2. The van der Waals surface area contributed by atoms with E-state index in [2.05, 4.69) is 0 Å². The molecule has 0 N–H and O–H groups in total. The zero-order valence-electron chi connectivity index (χ0n) is 17.9. The number of carbonyl (C=O) groups excluding carboxylic acids is 1. The maximum Gasteiger partial charge on any atom is 0.267 e. The minimum Gasteiger partial charge on any atom is -0.497 e. The van der Waals surface area contributed by atoms with E-state index in [1.807, 2.05) is 36.4 Å². The highest BCUT2D eigenvalue weighted by molar-refractivity contribution is 5.89. The van der Waals surface area contributed by atoms with Gasteiger partial charge in [0.2, 0.25) is 19.7 Å². The third-order valence-electron chi connectivity index (χ3n) is 6.00. The molecule has 0 bridgehead atoms. The van der Waals surface area contributed by atoms with Gasteiger partial charge in [0.25, 0.3) is 5.91 Å². The Morgan fingerprint density at radius 1 is 0.818 bits per heavy atom. The molecule has 8 heteroatoms. The van der Waals surface area contributed by atoms with E-state index in [4.69, 9.17) is 28.4 Å². The van der Waals surface area contributed by atoms with Gasteiger partial charge in [0, 0.05) is 6.54 Å². The van der Waals surface area contributed by atoms with Crippen LogP contribution in [-0.2, 0) is 11.3 Å². The summed E-state index contributed by atoms with van der Waals surface area (Å²) in [5.41, 5.74) is 1.86. The van der Waals surface area contributed by atoms with Gasteiger partial charge in [-0.1, -0.05) is 12.1 Å². The highest BCUT2D eigenvalue weighted by Gasteiger charge is 2.50. The highest BCUT2D eigenvalue weighted by atomic mass is 16.7. The van der Waals surface area contributed by atoms with E-state index in [9.17, 15) is 4.79 Å². The SMILES string of the molecule is COc1ccc(O[C@@H]2C(=O)N(Cc3ccc4c(c3)OCO4)[C@H]2c2ccc3c(c2)OCO3)cc1. The molecule has 1 saturated heterocycles. The van der Waals surface area contributed by atoms with Crippen molar-refractivity contribution in [2.24, 2.45) is 0 Å². The van der Waals surface area contributed by atoms with Gasteiger partial charge in [-0.2, -0.15) is 0 Å². The summed E-state index contributed by atoms with van der Waals surface area (Å²) in [6.07, 6.45) is -0.659. The van der Waals surface area contributed by atoms with Crippen molar-refractivity contribution in [1.82, 2.24) is 4.90 Å². The largest absolute Gasteiger partial charge is 0.497 e. The van der Waals surface area contributed by atoms with Gasteiger partial charge in [-0.25, -0.2) is 0 Å². The van der Waals surface area contributed by atoms with Gasteiger partial charge in [-0.15, -0.1) is 0 Å². The summed E-state index contributed by atoms with van der Waals surface area (Å²) < 4.78 is 33.2. The van der Waals surface area contributed by atoms with Crippen LogP contribution in [0.2, 0.25) is 0 Å². The van der Waals surface area contributed by atoms with Gasteiger partial charge >= 0.3 is 0 Å². The molecular weight excluding hydrogens is 426 g/mol. The summed E-state index contributed by atoms with van der Waals surface area (Å²) in [5, 5.41) is 0. The minimum atomic E-state index is -0.659. The quantitative estimate of drug-likeness (QED) is 0.534. The molecule has 1 fully saturated rings. The molecular formula is C25H21NO7. The Balaban J connectivity index is 1.29. The zero-order valence-corrected chi connectivity index (χ0v) is 17.9. The molecule has 0 radical (unpaired) electrons. The standard InChI is InChI=1S/C25H21NO7/c1-28-17-4-6-18(7-5-17)33-24-23(16-3-9-20-22(11-16)32-14-30-20)26(25(24)27)12-15-2-8-19-21(10-15)31-13-29-19/h2-11,23-24H,12-14H2,1H3/t23-,24-/m0/s1. The molecule has 0 saturated carbocycles. The van der Waals surface area contributed by atoms with Crippen molar-refractivity contribution in [3.05, 3.63) is 71.8 Å². The Labute approximate surface area is 190 Å². The van der Waals surface area contributed by atoms with Crippen LogP contribution in [0.25, 0.3) is 0 Å². The van der Waals surface area contributed by atoms with Gasteiger partial charge in [-0.05, 0) is 59.7 Å². The number of ether oxygens (including phenoxy) is 6. The van der Waals surface area contributed by atoms with Crippen LogP contribution in [0, 0.1) is 0 Å². The van der Waals surface area contributed by atoms with E-state index in [1.54, 1.807) is 36.3 Å². The van der Waals surface area contributed by atoms with Gasteiger partial charge in [-0.3, -0.25) is 4.79 Å². The van der Waals surface area contributed by atoms with Crippen LogP contribution in [0.4, 0.5) is 0 Å². The van der Waals surface area contributed by atoms with Gasteiger partial charge in [0.15, 0.2) is 23.0 Å². The van der Waals surface area contributed by atoms with Crippen LogP contribution in [-0.4, -0.2) is 37.6 Å². The summed E-state index contributed by atoms with van der Waals surface area (Å²) in [5.74, 6) is 3.98. The molecule has 168 valence electrons. The second-order valence-electron chi connectivity index (χ2n) is 7.93. The van der Waals surface area contributed by atoms with E-state index in [0.717, 1.165) is 16.9 Å². The lowest BCUT2D eigenvalue weighted by molar-refractivity contribution is -0.165. The van der Waals surface area contributed by atoms with E-state index < -0.39 is 6.10 Å². The van der Waals surface area contributed by atoms with Crippen LogP contribution in [0.15, 0.2) is 60.7 Å². The minimum absolute atomic E-state index is 0.0915. The second-order valence-corrected chi connectivity index (χ2v) is 7.93. The number of likely N-dealkylation sites (tertiary alicyclic amines) is 1. The van der Waals surface area contributed by atoms with Crippen LogP contribution in [0.1, 0.15) is 17.2 Å². The number of methoxy groups -OCH3 is 1. The number of amides is 1. The van der Waals surface area contributed by atoms with Crippen molar-refractivity contribution < 1.29 is 33.2 Å². The fraction of sp³-hybridized carbons (Fsp3) is 0.240. The maximum absolute atomic E-state index is 13.2. The third kappa shape index (κ3) is 3.44. The number of nitrogens with zero attached hydrogens (tertiary/aromatic N) is 1. The second kappa shape index (κ2) is 7.81. The Hall–Kier alpha value is -4.07. The zero-order chi connectivity index (χ0) is 22.4. The van der Waals surface area contributed by atoms with E-state index in [1.165, 1.54) is 0 Å². The summed E-state index contributed by atoms with van der Waals surface area (Å²) in [7, 11) is 1.61. The van der Waals surface area contributed by atoms with Crippen molar-refractivity contribution in [2.45, 2.75) is 18.7 Å². The Bertz CT molecular complexity index is 1210. The molecule has 1 amide bonds. The molecule has 2 atom stereocenters. The third-order valence-corrected chi connectivity index (χ3v) is 6.00. The first kappa shape index (κ1) is 19.6. The predicted octanol–water partition coefficient (Wildman–Crippen LogP) is 3.68. The number of hydrogen-bond donors (Lipinski definition) is 0. The summed E-state index contributed by atoms with van der Waals surface area (Å²) >= 11 is 0. The van der Waals surface area contributed by atoms with E-state index >= 15 is 0 Å². The summed E-state index contributed by atoms with van der Waals surface area (Å²) in [4.78, 5) is 15.0. The lowest BCUT2D eigenvalue weighted by Gasteiger charge is -2.46. The Morgan fingerprint density at radius 2 is 1.45 bits per heavy atom. The highest BCUT2D eigenvalue weighted by Crippen LogP contribution is 2.43. The topological polar surface area (TPSA) is 75.7 Å². The van der Waals surface area contributed by atoms with E-state index in [-0.39, 0.29) is 25.5 Å². The first-order chi connectivity index (χ1) is 16.2. The van der Waals surface area contributed by atoms with Crippen molar-refractivity contribution in [1.29, 1.82) is 0 Å². The normalized spacial score (nSPS) is 19.9. The lowest BCUT2D eigenvalue weighted by Crippen LogP contribution is -2.60. The molecule has 0 aromatic heterocycles. The molecule has 33 heavy (non-hydrogen) atoms. The average Bonchev–Trinajstić information content (AvgIpc) is 3.52. The predicted molar refractivity (Wildman–Crippen MR) is 116 cm³/mol. The lowest BCUT2D eigenvalue weighted by atomic mass is 9.89. The molecule has 3 aromatic rings. The number of hydrogen-bond acceptors (Lipinski definition) is 7. The van der Waals surface area contributed by atoms with Crippen LogP contribution in [0.3, 0.4) is 0 Å². The van der Waals surface area contributed by atoms with Crippen LogP contribution >= 0.6 is 0 Å². The molecule has 0 spiro atoms. The van der Waals surface area contributed by atoms with Crippen molar-refractivity contribution in [3.63, 3.8) is 0 Å². The van der Waals surface area contributed by atoms with Gasteiger partial charge in [0.1, 0.15) is 17.5 Å². The Morgan fingerprint density at radius 3 is 2.18 bits per heavy atom. The molecule has 3 aliphatic rings. The monoisotopic (exact) mass is 447 g/mol. The van der Waals surface area contributed by atoms with Gasteiger partial charge in [0.05, 0.1) is 7.11 Å². The fourth-order valence-electron chi connectivity index (χ4n) is 4.30. The number of β-lactam (4-membered cyclic amide) rings is 1. The van der Waals surface area contributed by atoms with Crippen molar-refractivity contribution in [3.8, 4) is 34.5 Å². The smallest absolute Gasteiger partial charge is 0.267 e. The first-order valence-corrected chi connectivity index (χ1v) is 10.6.